The number of Topliss-reactive ketones (excluding diaryl/α,β-unsaturated/α-hetero) is 2. The fourth-order valence-electron chi connectivity index (χ4n) is 4.86. The Labute approximate surface area is 256 Å². The van der Waals surface area contributed by atoms with Crippen LogP contribution < -0.4 is 19.1 Å². The first kappa shape index (κ1) is 31.7. The minimum Gasteiger partial charge on any atom is -0.507 e. The first-order chi connectivity index (χ1) is 20.7. The molecule has 4 rings (SSSR count). The molecule has 1 saturated heterocycles. The zero-order valence-corrected chi connectivity index (χ0v) is 26.1. The molecule has 0 aliphatic carbocycles. The van der Waals surface area contributed by atoms with Gasteiger partial charge in [-0.1, -0.05) is 44.1 Å². The summed E-state index contributed by atoms with van der Waals surface area (Å²) in [6.45, 7) is 10.5. The summed E-state index contributed by atoms with van der Waals surface area (Å²) in [4.78, 5) is 45.6. The van der Waals surface area contributed by atoms with Gasteiger partial charge in [-0.25, -0.2) is 4.98 Å². The summed E-state index contributed by atoms with van der Waals surface area (Å²) in [5.74, 6) is -0.598. The van der Waals surface area contributed by atoms with E-state index in [-0.39, 0.29) is 22.2 Å². The number of ether oxygens (including phenoxy) is 3. The van der Waals surface area contributed by atoms with E-state index in [0.717, 1.165) is 37.0 Å². The number of aromatic nitrogens is 1. The summed E-state index contributed by atoms with van der Waals surface area (Å²) in [7, 11) is 0. The second kappa shape index (κ2) is 14.3. The number of aliphatic hydroxyl groups excluding tert-OH is 1. The molecule has 2 aromatic carbocycles. The zero-order valence-electron chi connectivity index (χ0n) is 25.3. The van der Waals surface area contributed by atoms with E-state index in [9.17, 15) is 19.5 Å². The molecule has 1 unspecified atom stereocenters. The van der Waals surface area contributed by atoms with Crippen molar-refractivity contribution in [3.05, 3.63) is 69.7 Å². The van der Waals surface area contributed by atoms with Crippen molar-refractivity contribution < 1.29 is 33.7 Å². The van der Waals surface area contributed by atoms with Crippen LogP contribution >= 0.6 is 11.3 Å². The number of benzene rings is 2. The molecule has 1 fully saturated rings. The quantitative estimate of drug-likeness (QED) is 0.0683. The Bertz CT molecular complexity index is 1510. The summed E-state index contributed by atoms with van der Waals surface area (Å²) in [6, 6.07) is 10.9. The molecule has 0 spiro atoms. The van der Waals surface area contributed by atoms with E-state index in [4.69, 9.17) is 14.2 Å². The number of hydrogen-bond donors (Lipinski definition) is 1. The predicted molar refractivity (Wildman–Crippen MR) is 166 cm³/mol. The van der Waals surface area contributed by atoms with E-state index in [1.807, 2.05) is 13.8 Å². The highest BCUT2D eigenvalue weighted by atomic mass is 32.1. The number of ketones is 2. The van der Waals surface area contributed by atoms with Crippen LogP contribution in [0.3, 0.4) is 0 Å². The Kier molecular flexibility index (Phi) is 10.6. The van der Waals surface area contributed by atoms with Crippen molar-refractivity contribution in [1.82, 2.24) is 4.98 Å². The molecule has 1 aliphatic heterocycles. The molecule has 1 aromatic heterocycles. The molecular weight excluding hydrogens is 568 g/mol. The number of hydrogen-bond acceptors (Lipinski definition) is 9. The van der Waals surface area contributed by atoms with Crippen molar-refractivity contribution in [2.45, 2.75) is 66.3 Å². The molecule has 228 valence electrons. The number of nitrogens with zero attached hydrogens (tertiary/aromatic N) is 2. The number of anilines is 1. The molecule has 1 N–H and O–H groups in total. The van der Waals surface area contributed by atoms with Crippen LogP contribution in [0.4, 0.5) is 5.13 Å². The van der Waals surface area contributed by atoms with E-state index < -0.39 is 17.7 Å². The van der Waals surface area contributed by atoms with Crippen molar-refractivity contribution >= 4 is 39.7 Å². The average Bonchev–Trinajstić information content (AvgIpc) is 3.51. The third-order valence-corrected chi connectivity index (χ3v) is 8.20. The van der Waals surface area contributed by atoms with Gasteiger partial charge >= 0.3 is 5.91 Å². The van der Waals surface area contributed by atoms with Crippen molar-refractivity contribution in [3.8, 4) is 17.2 Å². The zero-order chi connectivity index (χ0) is 31.1. The summed E-state index contributed by atoms with van der Waals surface area (Å²) in [6.07, 6.45) is 3.85. The van der Waals surface area contributed by atoms with Gasteiger partial charge in [0.05, 0.1) is 42.0 Å². The van der Waals surface area contributed by atoms with Crippen LogP contribution in [0.15, 0.2) is 48.0 Å². The second-order valence-corrected chi connectivity index (χ2v) is 11.2. The molecule has 9 nitrogen and oxygen atoms in total. The number of aryl methyl sites for hydroxylation is 1. The van der Waals surface area contributed by atoms with Crippen LogP contribution in [0, 0.1) is 6.92 Å². The molecule has 1 atom stereocenters. The lowest BCUT2D eigenvalue weighted by Crippen LogP contribution is -2.29. The van der Waals surface area contributed by atoms with Gasteiger partial charge in [0.15, 0.2) is 22.4 Å². The Hall–Kier alpha value is -4.18. The Balaban J connectivity index is 1.85. The molecule has 10 heteroatoms. The molecule has 1 amide bonds. The molecule has 0 saturated carbocycles. The summed E-state index contributed by atoms with van der Waals surface area (Å²) >= 11 is 1.04. The molecule has 43 heavy (non-hydrogen) atoms. The van der Waals surface area contributed by atoms with Crippen molar-refractivity contribution in [2.75, 3.05) is 24.7 Å². The second-order valence-electron chi connectivity index (χ2n) is 10.2. The van der Waals surface area contributed by atoms with Gasteiger partial charge in [-0.05, 0) is 68.7 Å². The van der Waals surface area contributed by atoms with Gasteiger partial charge in [0.2, 0.25) is 0 Å². The summed E-state index contributed by atoms with van der Waals surface area (Å²) in [5.41, 5.74) is 1.24. The van der Waals surface area contributed by atoms with Crippen LogP contribution in [0.2, 0.25) is 0 Å². The molecule has 1 aliphatic rings. The smallest absolute Gasteiger partial charge is 0.301 e. The summed E-state index contributed by atoms with van der Waals surface area (Å²) in [5, 5.41) is 11.7. The highest BCUT2D eigenvalue weighted by molar-refractivity contribution is 7.18. The van der Waals surface area contributed by atoms with E-state index in [1.165, 1.54) is 11.8 Å². The minimum atomic E-state index is -1.03. The number of amides is 1. The predicted octanol–water partition coefficient (Wildman–Crippen LogP) is 7.04. The first-order valence-electron chi connectivity index (χ1n) is 14.6. The maximum absolute atomic E-state index is 13.6. The van der Waals surface area contributed by atoms with Crippen LogP contribution in [0.1, 0.15) is 85.9 Å². The normalized spacial score (nSPS) is 16.0. The largest absolute Gasteiger partial charge is 0.507 e. The summed E-state index contributed by atoms with van der Waals surface area (Å²) < 4.78 is 17.6. The fourth-order valence-corrected chi connectivity index (χ4v) is 5.85. The number of rotatable bonds is 14. The van der Waals surface area contributed by atoms with Gasteiger partial charge < -0.3 is 19.3 Å². The SMILES string of the molecule is CCCCCOc1ccc(C2/C(=C(\O)c3ccc(OCCC)cc3)C(=O)C(=O)N2c2nc(C)c(C(C)=O)s2)cc1OCC. The van der Waals surface area contributed by atoms with Crippen molar-refractivity contribution in [1.29, 1.82) is 0 Å². The van der Waals surface area contributed by atoms with Gasteiger partial charge in [-0.2, -0.15) is 0 Å². The lowest BCUT2D eigenvalue weighted by atomic mass is 9.95. The number of thiazole rings is 1. The third kappa shape index (κ3) is 6.91. The third-order valence-electron chi connectivity index (χ3n) is 6.94. The molecule has 0 radical (unpaired) electrons. The average molecular weight is 607 g/mol. The molecule has 2 heterocycles. The number of aliphatic hydroxyl groups is 1. The number of carbonyl (C=O) groups is 3. The van der Waals surface area contributed by atoms with E-state index in [1.54, 1.807) is 49.4 Å². The van der Waals surface area contributed by atoms with Crippen molar-refractivity contribution in [3.63, 3.8) is 0 Å². The minimum absolute atomic E-state index is 0.0940. The van der Waals surface area contributed by atoms with Crippen molar-refractivity contribution in [2.24, 2.45) is 0 Å². The molecule has 3 aromatic rings. The maximum Gasteiger partial charge on any atom is 0.301 e. The van der Waals surface area contributed by atoms with Crippen LogP contribution in [-0.2, 0) is 9.59 Å². The monoisotopic (exact) mass is 606 g/mol. The lowest BCUT2D eigenvalue weighted by molar-refractivity contribution is -0.132. The van der Waals surface area contributed by atoms with Gasteiger partial charge in [0, 0.05) is 12.5 Å². The lowest BCUT2D eigenvalue weighted by Gasteiger charge is -2.24. The standard InChI is InChI=1S/C33H38N2O7S/c1-6-9-10-18-42-25-16-13-23(19-26(25)40-8-3)28-27(29(37)22-11-14-24(15-12-22)41-17-7-2)30(38)32(39)35(28)33-34-20(4)31(43-33)21(5)36/h11-16,19,28,37H,6-10,17-18H2,1-5H3/b29-27+. The Morgan fingerprint density at radius 2 is 1.70 bits per heavy atom. The Morgan fingerprint density at radius 1 is 0.953 bits per heavy atom. The van der Waals surface area contributed by atoms with Crippen LogP contribution in [-0.4, -0.2) is 47.4 Å². The number of unbranched alkanes of at least 4 members (excludes halogenated alkanes) is 2. The first-order valence-corrected chi connectivity index (χ1v) is 15.4. The van der Waals surface area contributed by atoms with Gasteiger partial charge in [0.1, 0.15) is 11.5 Å². The maximum atomic E-state index is 13.6. The van der Waals surface area contributed by atoms with Gasteiger partial charge in [-0.15, -0.1) is 0 Å². The fraction of sp³-hybridized carbons (Fsp3) is 0.394. The van der Waals surface area contributed by atoms with Gasteiger partial charge in [-0.3, -0.25) is 19.3 Å². The highest BCUT2D eigenvalue weighted by Crippen LogP contribution is 2.45. The van der Waals surface area contributed by atoms with Crippen LogP contribution in [0.25, 0.3) is 5.76 Å². The van der Waals surface area contributed by atoms with E-state index in [2.05, 4.69) is 11.9 Å². The molecular formula is C33H38N2O7S. The number of carbonyl (C=O) groups excluding carboxylic acids is 3. The topological polar surface area (TPSA) is 115 Å². The van der Waals surface area contributed by atoms with E-state index in [0.29, 0.717) is 58.8 Å². The van der Waals surface area contributed by atoms with Gasteiger partial charge in [0.25, 0.3) is 5.78 Å². The van der Waals surface area contributed by atoms with Crippen LogP contribution in [0.5, 0.6) is 17.2 Å². The molecule has 0 bridgehead atoms. The van der Waals surface area contributed by atoms with E-state index >= 15 is 0 Å². The Morgan fingerprint density at radius 3 is 2.33 bits per heavy atom. The highest BCUT2D eigenvalue weighted by Gasteiger charge is 2.48.